The molecule has 2 bridgehead atoms. The summed E-state index contributed by atoms with van der Waals surface area (Å²) in [6.45, 7) is 7.96. The number of piperidine rings is 1. The number of amides is 1. The van der Waals surface area contributed by atoms with Gasteiger partial charge in [0.25, 0.3) is 5.91 Å². The fourth-order valence-electron chi connectivity index (χ4n) is 8.81. The Morgan fingerprint density at radius 2 is 1.90 bits per heavy atom. The number of benzene rings is 2. The van der Waals surface area contributed by atoms with Crippen LogP contribution in [-0.2, 0) is 21.9 Å². The Bertz CT molecular complexity index is 1810. The van der Waals surface area contributed by atoms with E-state index in [9.17, 15) is 18.3 Å². The van der Waals surface area contributed by atoms with E-state index in [2.05, 4.69) is 38.5 Å². The average molecular weight is 720 g/mol. The van der Waals surface area contributed by atoms with Crippen molar-refractivity contribution in [3.8, 4) is 17.6 Å². The minimum Gasteiger partial charge on any atom is -0.490 e. The molecule has 0 unspecified atom stereocenters. The lowest BCUT2D eigenvalue weighted by Crippen LogP contribution is -2.52. The number of hydrogen-bond acceptors (Lipinski definition) is 7. The number of rotatable bonds is 1. The molecule has 5 aliphatic rings. The predicted molar refractivity (Wildman–Crippen MR) is 198 cm³/mol. The number of nitrogens with one attached hydrogen (secondary N) is 1. The number of hydrogen-bond donors (Lipinski definition) is 2. The lowest BCUT2D eigenvalue weighted by molar-refractivity contribution is -0.00329. The van der Waals surface area contributed by atoms with E-state index in [1.165, 1.54) is 30.4 Å². The van der Waals surface area contributed by atoms with E-state index < -0.39 is 26.8 Å². The lowest BCUT2D eigenvalue weighted by atomic mass is 9.64. The van der Waals surface area contributed by atoms with E-state index in [0.29, 0.717) is 38.4 Å². The summed E-state index contributed by atoms with van der Waals surface area (Å²) in [5.41, 5.74) is 1.87. The molecule has 2 aliphatic carbocycles. The van der Waals surface area contributed by atoms with Crippen molar-refractivity contribution in [1.82, 2.24) is 9.62 Å². The highest BCUT2D eigenvalue weighted by atomic mass is 35.5. The summed E-state index contributed by atoms with van der Waals surface area (Å²) in [5.74, 6) is 6.45. The third kappa shape index (κ3) is 7.06. The van der Waals surface area contributed by atoms with E-state index >= 15 is 0 Å². The summed E-state index contributed by atoms with van der Waals surface area (Å²) in [4.78, 5) is 18.2. The van der Waals surface area contributed by atoms with Crippen LogP contribution in [0.15, 0.2) is 48.6 Å². The average Bonchev–Trinajstić information content (AvgIpc) is 3.22. The number of aliphatic hydroxyl groups is 1. The Kier molecular flexibility index (Phi) is 10.0. The molecule has 7 rings (SSSR count). The number of fused-ring (bicyclic) bond motifs is 4. The number of ether oxygens (including phenoxy) is 1. The van der Waals surface area contributed by atoms with Crippen LogP contribution in [0.25, 0.3) is 0 Å². The quantitative estimate of drug-likeness (QED) is 0.272. The summed E-state index contributed by atoms with van der Waals surface area (Å²) in [6, 6.07) is 11.4. The molecule has 50 heavy (non-hydrogen) atoms. The molecule has 2 aromatic rings. The third-order valence-electron chi connectivity index (χ3n) is 12.2. The number of aryl methyl sites for hydroxylation is 1. The summed E-state index contributed by atoms with van der Waals surface area (Å²) in [6.07, 6.45) is 12.5. The van der Waals surface area contributed by atoms with E-state index in [1.54, 1.807) is 25.1 Å². The van der Waals surface area contributed by atoms with Gasteiger partial charge in [0.2, 0.25) is 10.0 Å². The third-order valence-corrected chi connectivity index (χ3v) is 14.3. The standard InChI is InChI=1S/C40H50ClN3O5S/c1-28-9-6-18-40(46,19-8-22-43-20-4-3-5-21-43)35-14-11-32(35)25-44-26-39(17-7-10-30-23-33(41)13-15-34(30)39)27-49-37-16-12-31(24-36(37)44)38(45)42-50(47,48)29(28)2/h6,12-13,15-16,18,23-24,28-29,32,35,46H,3-5,7,9-11,14,17,20-22,25-27H2,1-2H3,(H,42,45)/b18-6-/t28-,29+,32-,35+,39-,40+/m0/s1. The van der Waals surface area contributed by atoms with Crippen LogP contribution < -0.4 is 14.4 Å². The van der Waals surface area contributed by atoms with Gasteiger partial charge in [0.1, 0.15) is 11.4 Å². The number of carbonyl (C=O) groups excluding carboxylic acids is 1. The van der Waals surface area contributed by atoms with Crippen LogP contribution in [-0.4, -0.2) is 74.5 Å². The van der Waals surface area contributed by atoms with Gasteiger partial charge in [-0.25, -0.2) is 13.1 Å². The fraction of sp³-hybridized carbons (Fsp3) is 0.575. The molecule has 0 radical (unpaired) electrons. The van der Waals surface area contributed by atoms with Gasteiger partial charge in [-0.3, -0.25) is 9.69 Å². The van der Waals surface area contributed by atoms with Gasteiger partial charge < -0.3 is 14.7 Å². The number of likely N-dealkylation sites (tertiary alicyclic amines) is 1. The topological polar surface area (TPSA) is 99.2 Å². The second-order valence-electron chi connectivity index (χ2n) is 15.5. The first-order valence-electron chi connectivity index (χ1n) is 18.5. The molecule has 6 atom stereocenters. The Labute approximate surface area is 302 Å². The zero-order valence-electron chi connectivity index (χ0n) is 29.3. The fourth-order valence-corrected chi connectivity index (χ4v) is 10.3. The molecule has 1 spiro atoms. The van der Waals surface area contributed by atoms with E-state index in [0.717, 1.165) is 55.9 Å². The molecule has 2 N–H and O–H groups in total. The maximum absolute atomic E-state index is 13.5. The van der Waals surface area contributed by atoms with Crippen molar-refractivity contribution >= 4 is 33.2 Å². The molecule has 2 aromatic carbocycles. The SMILES string of the molecule is C[C@@H]1[C@@H](C)C/C=C\[C@@](O)(C#CCN2CCCCC2)[C@@H]2CC[C@H]2CN2C[C@@]3(CCCc4cc(Cl)ccc43)COc3ccc(cc32)C(=O)NS1(=O)=O. The number of anilines is 1. The number of allylic oxidation sites excluding steroid dienone is 1. The Hall–Kier alpha value is -3.03. The minimum atomic E-state index is -3.99. The molecule has 1 saturated carbocycles. The van der Waals surface area contributed by atoms with Gasteiger partial charge in [0, 0.05) is 35.0 Å². The van der Waals surface area contributed by atoms with Crippen molar-refractivity contribution < 1.29 is 23.1 Å². The van der Waals surface area contributed by atoms with E-state index in [1.807, 2.05) is 25.1 Å². The van der Waals surface area contributed by atoms with Crippen LogP contribution >= 0.6 is 11.6 Å². The molecule has 3 aliphatic heterocycles. The first-order chi connectivity index (χ1) is 24.0. The van der Waals surface area contributed by atoms with Crippen molar-refractivity contribution in [1.29, 1.82) is 0 Å². The van der Waals surface area contributed by atoms with Gasteiger partial charge in [-0.05, 0) is 131 Å². The smallest absolute Gasteiger partial charge is 0.264 e. The number of carbonyl (C=O) groups is 1. The maximum Gasteiger partial charge on any atom is 0.264 e. The molecule has 268 valence electrons. The largest absolute Gasteiger partial charge is 0.490 e. The number of halogens is 1. The van der Waals surface area contributed by atoms with Gasteiger partial charge in [-0.15, -0.1) is 0 Å². The van der Waals surface area contributed by atoms with Gasteiger partial charge in [-0.1, -0.05) is 48.9 Å². The van der Waals surface area contributed by atoms with Crippen LogP contribution in [0.2, 0.25) is 5.02 Å². The van der Waals surface area contributed by atoms with Crippen molar-refractivity contribution in [2.75, 3.05) is 44.2 Å². The second-order valence-corrected chi connectivity index (χ2v) is 18.0. The van der Waals surface area contributed by atoms with Crippen LogP contribution in [0.3, 0.4) is 0 Å². The van der Waals surface area contributed by atoms with E-state index in [-0.39, 0.29) is 28.7 Å². The van der Waals surface area contributed by atoms with Gasteiger partial charge in [-0.2, -0.15) is 0 Å². The van der Waals surface area contributed by atoms with Crippen molar-refractivity contribution in [2.24, 2.45) is 17.8 Å². The van der Waals surface area contributed by atoms with Gasteiger partial charge >= 0.3 is 0 Å². The molecule has 8 nitrogen and oxygen atoms in total. The molecule has 3 heterocycles. The normalized spacial score (nSPS) is 33.3. The Balaban J connectivity index is 1.29. The first-order valence-corrected chi connectivity index (χ1v) is 20.4. The van der Waals surface area contributed by atoms with Gasteiger partial charge in [0.05, 0.1) is 24.1 Å². The molecular weight excluding hydrogens is 670 g/mol. The molecule has 0 aromatic heterocycles. The first kappa shape index (κ1) is 35.4. The molecule has 10 heteroatoms. The summed E-state index contributed by atoms with van der Waals surface area (Å²) < 4.78 is 35.9. The molecule has 1 amide bonds. The molecule has 2 fully saturated rings. The predicted octanol–water partition coefficient (Wildman–Crippen LogP) is 6.10. The Morgan fingerprint density at radius 1 is 1.08 bits per heavy atom. The van der Waals surface area contributed by atoms with Crippen LogP contribution in [0.5, 0.6) is 5.75 Å². The summed E-state index contributed by atoms with van der Waals surface area (Å²) >= 11 is 6.46. The summed E-state index contributed by atoms with van der Waals surface area (Å²) in [5, 5.41) is 12.3. The highest BCUT2D eigenvalue weighted by molar-refractivity contribution is 7.90. The van der Waals surface area contributed by atoms with Crippen molar-refractivity contribution in [3.05, 3.63) is 70.3 Å². The minimum absolute atomic E-state index is 0.0931. The highest BCUT2D eigenvalue weighted by Gasteiger charge is 2.48. The van der Waals surface area contributed by atoms with Gasteiger partial charge in [0.15, 0.2) is 0 Å². The zero-order valence-corrected chi connectivity index (χ0v) is 30.9. The number of nitrogens with zero attached hydrogens (tertiary/aromatic N) is 2. The molecular formula is C40H50ClN3O5S. The van der Waals surface area contributed by atoms with Crippen molar-refractivity contribution in [2.45, 2.75) is 87.9 Å². The van der Waals surface area contributed by atoms with Crippen LogP contribution in [0.4, 0.5) is 5.69 Å². The lowest BCUT2D eigenvalue weighted by Gasteiger charge is -2.47. The highest BCUT2D eigenvalue weighted by Crippen LogP contribution is 2.48. The van der Waals surface area contributed by atoms with Crippen LogP contribution in [0.1, 0.15) is 86.7 Å². The van der Waals surface area contributed by atoms with Crippen LogP contribution in [0, 0.1) is 29.6 Å². The maximum atomic E-state index is 13.5. The number of sulfonamides is 1. The zero-order chi connectivity index (χ0) is 35.1. The Morgan fingerprint density at radius 3 is 2.68 bits per heavy atom. The van der Waals surface area contributed by atoms with Crippen molar-refractivity contribution in [3.63, 3.8) is 0 Å². The summed E-state index contributed by atoms with van der Waals surface area (Å²) in [7, 11) is -3.99. The second kappa shape index (κ2) is 14.2. The molecule has 1 saturated heterocycles. The monoisotopic (exact) mass is 719 g/mol. The van der Waals surface area contributed by atoms with E-state index in [4.69, 9.17) is 16.3 Å².